The van der Waals surface area contributed by atoms with E-state index in [-0.39, 0.29) is 6.42 Å². The molecule has 0 saturated carbocycles. The maximum atomic E-state index is 12.9. The minimum Gasteiger partial charge on any atom is -0.481 e. The number of aliphatic carboxylic acids is 3. The summed E-state index contributed by atoms with van der Waals surface area (Å²) < 4.78 is 0. The highest BCUT2D eigenvalue weighted by Gasteiger charge is 2.32. The molecule has 0 aliphatic carbocycles. The van der Waals surface area contributed by atoms with E-state index < -0.39 is 91.4 Å². The van der Waals surface area contributed by atoms with Crippen LogP contribution in [-0.4, -0.2) is 91.0 Å². The van der Waals surface area contributed by atoms with Gasteiger partial charge in [-0.25, -0.2) is 9.78 Å². The van der Waals surface area contributed by atoms with E-state index in [0.717, 1.165) is 0 Å². The van der Waals surface area contributed by atoms with Crippen LogP contribution in [0.15, 0.2) is 12.5 Å². The van der Waals surface area contributed by atoms with Crippen molar-refractivity contribution in [2.75, 3.05) is 0 Å². The minimum absolute atomic E-state index is 0.252. The number of H-pyrrole nitrogens is 1. The maximum absolute atomic E-state index is 12.9. The van der Waals surface area contributed by atoms with Gasteiger partial charge in [0, 0.05) is 24.7 Å². The van der Waals surface area contributed by atoms with Crippen LogP contribution in [-0.2, 0) is 40.0 Å². The second kappa shape index (κ2) is 14.0. The fourth-order valence-electron chi connectivity index (χ4n) is 2.87. The zero-order valence-electron chi connectivity index (χ0n) is 18.8. The third-order valence-corrected chi connectivity index (χ3v) is 4.64. The normalized spacial score (nSPS) is 13.9. The lowest BCUT2D eigenvalue weighted by atomic mass is 10.1. The first kappa shape index (κ1) is 29.5. The van der Waals surface area contributed by atoms with Crippen molar-refractivity contribution in [3.63, 3.8) is 0 Å². The van der Waals surface area contributed by atoms with Crippen molar-refractivity contribution in [1.29, 1.82) is 0 Å². The standard InChI is InChI=1S/C19H27N7O10/c20-9(4-13(21)27)16(32)24-10(1-2-14(28)29)17(33)25-11(3-8-6-22-7-23-8)18(34)26-12(19(35)36)5-15(30)31/h6-7,9-12H,1-5,20H2,(H2,21,27)(H,22,23)(H,24,32)(H,25,33)(H,26,34)(H,28,29)(H,30,31)(H,35,36). The molecule has 1 rings (SSSR count). The van der Waals surface area contributed by atoms with Crippen molar-refractivity contribution < 1.29 is 48.9 Å². The Morgan fingerprint density at radius 3 is 1.94 bits per heavy atom. The van der Waals surface area contributed by atoms with Crippen LogP contribution in [0.3, 0.4) is 0 Å². The van der Waals surface area contributed by atoms with Crippen LogP contribution >= 0.6 is 0 Å². The summed E-state index contributed by atoms with van der Waals surface area (Å²) in [6, 6.07) is -6.25. The van der Waals surface area contributed by atoms with E-state index >= 15 is 0 Å². The van der Waals surface area contributed by atoms with Gasteiger partial charge in [0.15, 0.2) is 0 Å². The first-order chi connectivity index (χ1) is 16.8. The number of rotatable bonds is 16. The van der Waals surface area contributed by atoms with E-state index in [1.54, 1.807) is 0 Å². The molecule has 0 bridgehead atoms. The van der Waals surface area contributed by atoms with E-state index in [4.69, 9.17) is 21.7 Å². The van der Waals surface area contributed by atoms with E-state index in [2.05, 4.69) is 20.6 Å². The van der Waals surface area contributed by atoms with Crippen LogP contribution in [0.4, 0.5) is 0 Å². The number of aromatic amines is 1. The van der Waals surface area contributed by atoms with Crippen LogP contribution < -0.4 is 27.4 Å². The van der Waals surface area contributed by atoms with Gasteiger partial charge in [0.1, 0.15) is 18.1 Å². The Labute approximate surface area is 203 Å². The summed E-state index contributed by atoms with van der Waals surface area (Å²) in [6.07, 6.45) is -0.161. The summed E-state index contributed by atoms with van der Waals surface area (Å²) >= 11 is 0. The molecule has 0 aliphatic heterocycles. The van der Waals surface area contributed by atoms with Gasteiger partial charge in [-0.05, 0) is 6.42 Å². The number of aromatic nitrogens is 2. The Bertz CT molecular complexity index is 981. The van der Waals surface area contributed by atoms with Gasteiger partial charge >= 0.3 is 17.9 Å². The van der Waals surface area contributed by atoms with Gasteiger partial charge in [-0.15, -0.1) is 0 Å². The Kier molecular flexibility index (Phi) is 11.5. The predicted molar refractivity (Wildman–Crippen MR) is 117 cm³/mol. The third-order valence-electron chi connectivity index (χ3n) is 4.64. The van der Waals surface area contributed by atoms with Gasteiger partial charge in [-0.1, -0.05) is 0 Å². The molecule has 0 fully saturated rings. The molecule has 0 spiro atoms. The molecule has 17 heteroatoms. The second-order valence-corrected chi connectivity index (χ2v) is 7.61. The molecule has 0 aromatic carbocycles. The molecule has 4 atom stereocenters. The number of carboxylic acids is 3. The highest BCUT2D eigenvalue weighted by molar-refractivity contribution is 5.95. The molecule has 4 unspecified atom stereocenters. The fraction of sp³-hybridized carbons (Fsp3) is 0.474. The average molecular weight is 513 g/mol. The van der Waals surface area contributed by atoms with Crippen molar-refractivity contribution >= 4 is 41.5 Å². The van der Waals surface area contributed by atoms with Crippen LogP contribution in [0.5, 0.6) is 0 Å². The lowest BCUT2D eigenvalue weighted by Crippen LogP contribution is -2.58. The van der Waals surface area contributed by atoms with Crippen LogP contribution in [0, 0.1) is 0 Å². The number of nitrogens with two attached hydrogens (primary N) is 2. The Hall–Kier alpha value is -4.54. The molecule has 36 heavy (non-hydrogen) atoms. The van der Waals surface area contributed by atoms with Gasteiger partial charge in [0.2, 0.25) is 23.6 Å². The molecular formula is C19H27N7O10. The molecule has 17 nitrogen and oxygen atoms in total. The van der Waals surface area contributed by atoms with E-state index in [9.17, 15) is 38.7 Å². The van der Waals surface area contributed by atoms with E-state index in [1.165, 1.54) is 12.5 Å². The number of hydrogen-bond donors (Lipinski definition) is 9. The molecular weight excluding hydrogens is 486 g/mol. The van der Waals surface area contributed by atoms with Crippen LogP contribution in [0.25, 0.3) is 0 Å². The number of nitrogens with zero attached hydrogens (tertiary/aromatic N) is 1. The van der Waals surface area contributed by atoms with Crippen molar-refractivity contribution in [2.45, 2.75) is 56.3 Å². The fourth-order valence-corrected chi connectivity index (χ4v) is 2.87. The third kappa shape index (κ3) is 10.6. The highest BCUT2D eigenvalue weighted by atomic mass is 16.4. The summed E-state index contributed by atoms with van der Waals surface area (Å²) in [7, 11) is 0. The maximum Gasteiger partial charge on any atom is 0.326 e. The van der Waals surface area contributed by atoms with Gasteiger partial charge in [-0.3, -0.25) is 28.8 Å². The topological polar surface area (TPSA) is 297 Å². The van der Waals surface area contributed by atoms with Gasteiger partial charge in [0.05, 0.1) is 25.2 Å². The summed E-state index contributed by atoms with van der Waals surface area (Å²) in [5.41, 5.74) is 10.9. The zero-order chi connectivity index (χ0) is 27.4. The second-order valence-electron chi connectivity index (χ2n) is 7.61. The zero-order valence-corrected chi connectivity index (χ0v) is 18.8. The molecule has 1 heterocycles. The first-order valence-electron chi connectivity index (χ1n) is 10.4. The molecule has 0 aliphatic rings. The number of amides is 4. The summed E-state index contributed by atoms with van der Waals surface area (Å²) in [5, 5.41) is 33.5. The summed E-state index contributed by atoms with van der Waals surface area (Å²) in [4.78, 5) is 88.6. The summed E-state index contributed by atoms with van der Waals surface area (Å²) in [6.45, 7) is 0. The van der Waals surface area contributed by atoms with Crippen LogP contribution in [0.1, 0.15) is 31.4 Å². The van der Waals surface area contributed by atoms with E-state index in [0.29, 0.717) is 5.69 Å². The molecule has 0 radical (unpaired) electrons. The van der Waals surface area contributed by atoms with Crippen LogP contribution in [0.2, 0.25) is 0 Å². The molecule has 1 aromatic rings. The first-order valence-corrected chi connectivity index (χ1v) is 10.4. The minimum atomic E-state index is -1.81. The monoisotopic (exact) mass is 513 g/mol. The number of carbonyl (C=O) groups excluding carboxylic acids is 4. The smallest absolute Gasteiger partial charge is 0.326 e. The van der Waals surface area contributed by atoms with Crippen molar-refractivity contribution in [1.82, 2.24) is 25.9 Å². The number of nitrogens with one attached hydrogen (secondary N) is 4. The Morgan fingerprint density at radius 2 is 1.44 bits per heavy atom. The van der Waals surface area contributed by atoms with Gasteiger partial charge < -0.3 is 47.7 Å². The lowest BCUT2D eigenvalue weighted by Gasteiger charge is -2.24. The molecule has 0 saturated heterocycles. The number of imidazole rings is 1. The summed E-state index contributed by atoms with van der Waals surface area (Å²) in [5.74, 6) is -8.40. The highest BCUT2D eigenvalue weighted by Crippen LogP contribution is 2.05. The molecule has 11 N–H and O–H groups in total. The largest absolute Gasteiger partial charge is 0.481 e. The predicted octanol–water partition coefficient (Wildman–Crippen LogP) is -3.97. The number of carbonyl (C=O) groups is 7. The molecule has 4 amide bonds. The molecule has 1 aromatic heterocycles. The molecule has 198 valence electrons. The Morgan fingerprint density at radius 1 is 0.861 bits per heavy atom. The lowest BCUT2D eigenvalue weighted by molar-refractivity contribution is -0.147. The number of hydrogen-bond acceptors (Lipinski definition) is 9. The number of carboxylic acid groups (broad SMARTS) is 3. The average Bonchev–Trinajstić information content (AvgIpc) is 3.27. The SMILES string of the molecule is NC(=O)CC(N)C(=O)NC(CCC(=O)O)C(=O)NC(Cc1cnc[nH]1)C(=O)NC(CC(=O)O)C(=O)O. The van der Waals surface area contributed by atoms with Gasteiger partial charge in [0.25, 0.3) is 0 Å². The van der Waals surface area contributed by atoms with Crippen molar-refractivity contribution in [3.8, 4) is 0 Å². The number of primary amides is 1. The quantitative estimate of drug-likeness (QED) is 0.102. The van der Waals surface area contributed by atoms with Gasteiger partial charge in [-0.2, -0.15) is 0 Å². The Balaban J connectivity index is 3.10. The van der Waals surface area contributed by atoms with Crippen molar-refractivity contribution in [3.05, 3.63) is 18.2 Å². The van der Waals surface area contributed by atoms with E-state index in [1.807, 2.05) is 5.32 Å². The van der Waals surface area contributed by atoms with Crippen molar-refractivity contribution in [2.24, 2.45) is 11.5 Å².